The van der Waals surface area contributed by atoms with Gasteiger partial charge in [0, 0.05) is 30.2 Å². The average molecular weight is 319 g/mol. The van der Waals surface area contributed by atoms with E-state index in [4.69, 9.17) is 11.6 Å². The molecule has 0 radical (unpaired) electrons. The Morgan fingerprint density at radius 2 is 1.91 bits per heavy atom. The molecule has 1 aromatic rings. The molecule has 3 aliphatic rings. The molecule has 2 bridgehead atoms. The quantitative estimate of drug-likeness (QED) is 0.836. The van der Waals surface area contributed by atoms with E-state index in [1.807, 2.05) is 12.1 Å². The Balaban J connectivity index is 1.67. The normalized spacial score (nSPS) is 34.5. The number of halogens is 1. The van der Waals surface area contributed by atoms with Gasteiger partial charge in [0.15, 0.2) is 0 Å². The van der Waals surface area contributed by atoms with E-state index >= 15 is 0 Å². The Bertz CT molecular complexity index is 569. The summed E-state index contributed by atoms with van der Waals surface area (Å²) < 4.78 is 0. The highest BCUT2D eigenvalue weighted by molar-refractivity contribution is 6.30. The van der Waals surface area contributed by atoms with E-state index in [9.17, 15) is 4.79 Å². The molecule has 3 nitrogen and oxygen atoms in total. The third-order valence-corrected chi connectivity index (χ3v) is 6.27. The van der Waals surface area contributed by atoms with Gasteiger partial charge in [0.25, 0.3) is 0 Å². The second kappa shape index (κ2) is 5.54. The Hall–Kier alpha value is -1.06. The van der Waals surface area contributed by atoms with Crippen LogP contribution in [0, 0.1) is 5.92 Å². The molecular formula is C18H23ClN2O. The molecule has 3 saturated heterocycles. The van der Waals surface area contributed by atoms with Gasteiger partial charge in [-0.25, -0.2) is 0 Å². The molecule has 4 rings (SSSR count). The highest BCUT2D eigenvalue weighted by Crippen LogP contribution is 2.47. The summed E-state index contributed by atoms with van der Waals surface area (Å²) in [5.74, 6) is 0.840. The van der Waals surface area contributed by atoms with Crippen molar-refractivity contribution in [2.75, 3.05) is 20.1 Å². The minimum absolute atomic E-state index is 0.116. The predicted octanol–water partition coefficient (Wildman–Crippen LogP) is 3.14. The van der Waals surface area contributed by atoms with E-state index in [-0.39, 0.29) is 5.92 Å². The third-order valence-electron chi connectivity index (χ3n) is 6.02. The van der Waals surface area contributed by atoms with Crippen LogP contribution in [-0.2, 0) is 4.79 Å². The summed E-state index contributed by atoms with van der Waals surface area (Å²) in [5, 5.41) is 0.769. The van der Waals surface area contributed by atoms with Crippen LogP contribution in [0.4, 0.5) is 0 Å². The van der Waals surface area contributed by atoms with Crippen molar-refractivity contribution in [1.29, 1.82) is 0 Å². The second-order valence-electron chi connectivity index (χ2n) is 7.06. The molecule has 4 heteroatoms. The van der Waals surface area contributed by atoms with E-state index in [1.54, 1.807) is 0 Å². The van der Waals surface area contributed by atoms with Crippen LogP contribution in [0.25, 0.3) is 0 Å². The van der Waals surface area contributed by atoms with Crippen LogP contribution in [0.2, 0.25) is 5.02 Å². The van der Waals surface area contributed by atoms with Crippen LogP contribution in [0.5, 0.6) is 0 Å². The van der Waals surface area contributed by atoms with Gasteiger partial charge in [-0.2, -0.15) is 0 Å². The Kier molecular flexibility index (Phi) is 3.66. The van der Waals surface area contributed by atoms with Gasteiger partial charge in [-0.3, -0.25) is 9.69 Å². The molecule has 118 valence electrons. The maximum atomic E-state index is 13.0. The van der Waals surface area contributed by atoms with Gasteiger partial charge in [0.1, 0.15) is 0 Å². The molecule has 0 spiro atoms. The maximum absolute atomic E-state index is 13.0. The largest absolute Gasteiger partial charge is 0.342 e. The summed E-state index contributed by atoms with van der Waals surface area (Å²) in [5.41, 5.74) is 1.29. The summed E-state index contributed by atoms with van der Waals surface area (Å²) in [6.45, 7) is 1.89. The lowest BCUT2D eigenvalue weighted by Crippen LogP contribution is -2.55. The highest BCUT2D eigenvalue weighted by Gasteiger charge is 2.50. The fourth-order valence-corrected chi connectivity index (χ4v) is 4.73. The minimum atomic E-state index is 0.116. The van der Waals surface area contributed by atoms with Crippen LogP contribution in [-0.4, -0.2) is 47.9 Å². The molecule has 3 fully saturated rings. The summed E-state index contributed by atoms with van der Waals surface area (Å²) in [4.78, 5) is 17.6. The number of carbonyl (C=O) groups is 1. The van der Waals surface area contributed by atoms with Crippen molar-refractivity contribution in [2.45, 2.75) is 43.7 Å². The molecule has 0 saturated carbocycles. The lowest BCUT2D eigenvalue weighted by atomic mass is 9.75. The number of benzene rings is 1. The zero-order valence-electron chi connectivity index (χ0n) is 13.0. The lowest BCUT2D eigenvalue weighted by molar-refractivity contribution is -0.143. The van der Waals surface area contributed by atoms with E-state index < -0.39 is 0 Å². The Morgan fingerprint density at radius 3 is 2.55 bits per heavy atom. The molecule has 2 unspecified atom stereocenters. The van der Waals surface area contributed by atoms with Crippen molar-refractivity contribution in [1.82, 2.24) is 9.80 Å². The number of rotatable bonds is 2. The number of hydrogen-bond acceptors (Lipinski definition) is 2. The van der Waals surface area contributed by atoms with Gasteiger partial charge in [-0.1, -0.05) is 23.7 Å². The van der Waals surface area contributed by atoms with Crippen molar-refractivity contribution < 1.29 is 4.79 Å². The van der Waals surface area contributed by atoms with Crippen molar-refractivity contribution in [3.63, 3.8) is 0 Å². The van der Waals surface area contributed by atoms with Gasteiger partial charge in [-0.15, -0.1) is 0 Å². The Labute approximate surface area is 137 Å². The third kappa shape index (κ3) is 2.26. The topological polar surface area (TPSA) is 23.6 Å². The van der Waals surface area contributed by atoms with E-state index in [1.165, 1.54) is 12.0 Å². The van der Waals surface area contributed by atoms with E-state index in [2.05, 4.69) is 29.0 Å². The van der Waals surface area contributed by atoms with Gasteiger partial charge in [0.05, 0.1) is 5.92 Å². The standard InChI is InChI=1S/C18H23ClN2O/c1-20-14-7-8-16(20)17(18(22)21-9-2-10-21)15(11-14)12-3-5-13(19)6-4-12/h3-6,14-17H,2,7-11H2,1H3/t14-,15-,16?,17?/m1/s1. The van der Waals surface area contributed by atoms with Crippen LogP contribution in [0.1, 0.15) is 37.2 Å². The van der Waals surface area contributed by atoms with Crippen molar-refractivity contribution >= 4 is 17.5 Å². The maximum Gasteiger partial charge on any atom is 0.227 e. The van der Waals surface area contributed by atoms with Crippen molar-refractivity contribution in [2.24, 2.45) is 5.92 Å². The molecular weight excluding hydrogens is 296 g/mol. The summed E-state index contributed by atoms with van der Waals surface area (Å²) in [6, 6.07) is 9.20. The number of piperidine rings is 1. The van der Waals surface area contributed by atoms with Gasteiger partial charge in [0.2, 0.25) is 5.91 Å². The molecule has 3 heterocycles. The van der Waals surface area contributed by atoms with Crippen molar-refractivity contribution in [3.8, 4) is 0 Å². The van der Waals surface area contributed by atoms with Crippen LogP contribution in [0.15, 0.2) is 24.3 Å². The lowest BCUT2D eigenvalue weighted by Gasteiger charge is -2.45. The fraction of sp³-hybridized carbons (Fsp3) is 0.611. The fourth-order valence-electron chi connectivity index (χ4n) is 4.60. The van der Waals surface area contributed by atoms with E-state index in [0.717, 1.165) is 37.4 Å². The number of likely N-dealkylation sites (tertiary alicyclic amines) is 1. The summed E-state index contributed by atoms with van der Waals surface area (Å²) in [6.07, 6.45) is 4.65. The molecule has 0 aromatic heterocycles. The number of carbonyl (C=O) groups excluding carboxylic acids is 1. The molecule has 0 aliphatic carbocycles. The molecule has 0 N–H and O–H groups in total. The first-order valence-electron chi connectivity index (χ1n) is 8.41. The number of fused-ring (bicyclic) bond motifs is 2. The summed E-state index contributed by atoms with van der Waals surface area (Å²) in [7, 11) is 2.21. The molecule has 22 heavy (non-hydrogen) atoms. The van der Waals surface area contributed by atoms with Gasteiger partial charge < -0.3 is 4.90 Å². The Morgan fingerprint density at radius 1 is 1.18 bits per heavy atom. The SMILES string of the molecule is CN1C2CC[C@@H]1C[C@H](c1ccc(Cl)cc1)C2C(=O)N1CCC1. The van der Waals surface area contributed by atoms with Gasteiger partial charge >= 0.3 is 0 Å². The molecule has 1 aromatic carbocycles. The first-order chi connectivity index (χ1) is 10.6. The highest BCUT2D eigenvalue weighted by atomic mass is 35.5. The number of nitrogens with zero attached hydrogens (tertiary/aromatic N) is 2. The predicted molar refractivity (Wildman–Crippen MR) is 88.1 cm³/mol. The van der Waals surface area contributed by atoms with Crippen molar-refractivity contribution in [3.05, 3.63) is 34.9 Å². The smallest absolute Gasteiger partial charge is 0.227 e. The summed E-state index contributed by atoms with van der Waals surface area (Å²) >= 11 is 6.04. The molecule has 4 atom stereocenters. The van der Waals surface area contributed by atoms with Gasteiger partial charge in [-0.05, 0) is 56.3 Å². The molecule has 3 aliphatic heterocycles. The number of amides is 1. The van der Waals surface area contributed by atoms with Crippen LogP contribution >= 0.6 is 11.6 Å². The zero-order chi connectivity index (χ0) is 15.3. The minimum Gasteiger partial charge on any atom is -0.342 e. The first kappa shape index (κ1) is 14.5. The monoisotopic (exact) mass is 318 g/mol. The van der Waals surface area contributed by atoms with Crippen LogP contribution < -0.4 is 0 Å². The van der Waals surface area contributed by atoms with E-state index in [0.29, 0.717) is 23.9 Å². The molecule has 1 amide bonds. The second-order valence-corrected chi connectivity index (χ2v) is 7.50. The average Bonchev–Trinajstić information content (AvgIpc) is 2.70. The first-order valence-corrected chi connectivity index (χ1v) is 8.79. The number of hydrogen-bond donors (Lipinski definition) is 0. The van der Waals surface area contributed by atoms with Crippen LogP contribution in [0.3, 0.4) is 0 Å². The zero-order valence-corrected chi connectivity index (χ0v) is 13.8.